The van der Waals surface area contributed by atoms with Crippen LogP contribution >= 0.6 is 0 Å². The molecule has 2 atom stereocenters. The van der Waals surface area contributed by atoms with Gasteiger partial charge in [-0.3, -0.25) is 24.4 Å². The summed E-state index contributed by atoms with van der Waals surface area (Å²) >= 11 is 0. The predicted molar refractivity (Wildman–Crippen MR) is 224 cm³/mol. The smallest absolute Gasteiger partial charge is 0.301 e. The molecule has 61 heavy (non-hydrogen) atoms. The number of imide groups is 1. The molecule has 1 unspecified atom stereocenters. The minimum atomic E-state index is -3.16. The third-order valence-corrected chi connectivity index (χ3v) is 13.5. The summed E-state index contributed by atoms with van der Waals surface area (Å²) in [5.41, 5.74) is 3.76. The molecule has 4 fully saturated rings. The van der Waals surface area contributed by atoms with E-state index in [0.717, 1.165) is 81.2 Å². The van der Waals surface area contributed by atoms with Crippen molar-refractivity contribution in [3.05, 3.63) is 70.0 Å². The maximum atomic E-state index is 15.3. The van der Waals surface area contributed by atoms with Crippen LogP contribution in [0.25, 0.3) is 21.8 Å². The van der Waals surface area contributed by atoms with Crippen LogP contribution in [0.2, 0.25) is 0 Å². The number of aryl methyl sites for hydroxylation is 2. The number of amides is 2. The van der Waals surface area contributed by atoms with Gasteiger partial charge in [-0.25, -0.2) is 18.2 Å². The summed E-state index contributed by atoms with van der Waals surface area (Å²) in [6.45, 7) is 3.56. The SMILES string of the molecule is Cn1nc(C2CCC(=O)NC2=O)c2cccc(C3CCN(CC4CCN(c5ncc(F)c(Nc6ccc7c(c6)c6c(c(=O)n7C)OCC(F)(F)[C@H](C7CC7)N6)n5)CC4)CC3)c21. The normalized spacial score (nSPS) is 22.7. The number of hydrogen-bond donors (Lipinski definition) is 3. The molecule has 10 rings (SSSR count). The summed E-state index contributed by atoms with van der Waals surface area (Å²) in [7, 11) is 3.51. The van der Waals surface area contributed by atoms with E-state index in [-0.39, 0.29) is 35.0 Å². The van der Waals surface area contributed by atoms with Crippen molar-refractivity contribution in [1.29, 1.82) is 0 Å². The number of aromatic nitrogens is 5. The number of alkyl halides is 2. The van der Waals surface area contributed by atoms with E-state index in [9.17, 15) is 14.4 Å². The number of nitrogens with one attached hydrogen (secondary N) is 3. The maximum absolute atomic E-state index is 15.3. The molecular weight excluding hydrogens is 790 g/mol. The number of halogens is 3. The number of carbonyl (C=O) groups is 2. The second-order valence-electron chi connectivity index (χ2n) is 17.6. The number of carbonyl (C=O) groups excluding carboxylic acids is 2. The highest BCUT2D eigenvalue weighted by Gasteiger charge is 2.51. The van der Waals surface area contributed by atoms with Crippen molar-refractivity contribution in [3.63, 3.8) is 0 Å². The molecule has 3 aromatic heterocycles. The molecular formula is C44H49F3N10O4. The van der Waals surface area contributed by atoms with Gasteiger partial charge >= 0.3 is 5.92 Å². The molecule has 0 bridgehead atoms. The quantitative estimate of drug-likeness (QED) is 0.160. The van der Waals surface area contributed by atoms with Crippen LogP contribution in [0, 0.1) is 17.7 Å². The van der Waals surface area contributed by atoms with Crippen LogP contribution in [0.5, 0.6) is 5.75 Å². The second kappa shape index (κ2) is 15.3. The average Bonchev–Trinajstić information content (AvgIpc) is 4.05. The van der Waals surface area contributed by atoms with Crippen molar-refractivity contribution < 1.29 is 27.5 Å². The number of benzene rings is 2. The van der Waals surface area contributed by atoms with Crippen LogP contribution < -0.4 is 31.1 Å². The Morgan fingerprint density at radius 2 is 1.74 bits per heavy atom. The monoisotopic (exact) mass is 838 g/mol. The molecule has 17 heteroatoms. The minimum Gasteiger partial charge on any atom is -0.480 e. The molecule has 1 saturated carbocycles. The second-order valence-corrected chi connectivity index (χ2v) is 17.6. The van der Waals surface area contributed by atoms with E-state index in [4.69, 9.17) is 9.84 Å². The van der Waals surface area contributed by atoms with E-state index >= 15 is 13.2 Å². The van der Waals surface area contributed by atoms with Crippen molar-refractivity contribution in [2.24, 2.45) is 25.9 Å². The van der Waals surface area contributed by atoms with Crippen molar-refractivity contribution in [3.8, 4) is 5.75 Å². The van der Waals surface area contributed by atoms with E-state index in [0.29, 0.717) is 60.1 Å². The lowest BCUT2D eigenvalue weighted by molar-refractivity contribution is -0.134. The summed E-state index contributed by atoms with van der Waals surface area (Å²) in [6, 6.07) is 10.2. The van der Waals surface area contributed by atoms with Crippen molar-refractivity contribution in [2.45, 2.75) is 75.2 Å². The number of nitrogens with zero attached hydrogens (tertiary/aromatic N) is 7. The third-order valence-electron chi connectivity index (χ3n) is 13.5. The van der Waals surface area contributed by atoms with E-state index in [1.54, 1.807) is 25.2 Å². The highest BCUT2D eigenvalue weighted by atomic mass is 19.3. The van der Waals surface area contributed by atoms with Crippen LogP contribution in [0.3, 0.4) is 0 Å². The van der Waals surface area contributed by atoms with Gasteiger partial charge in [-0.2, -0.15) is 10.1 Å². The van der Waals surface area contributed by atoms with Crippen LogP contribution in [0.4, 0.5) is 36.3 Å². The van der Waals surface area contributed by atoms with Gasteiger partial charge in [0.05, 0.1) is 40.6 Å². The number of pyridine rings is 1. The molecule has 3 saturated heterocycles. The summed E-state index contributed by atoms with van der Waals surface area (Å²) in [4.78, 5) is 51.3. The van der Waals surface area contributed by atoms with E-state index in [1.807, 2.05) is 17.8 Å². The molecule has 5 aromatic rings. The Labute approximate surface area is 349 Å². The van der Waals surface area contributed by atoms with Crippen molar-refractivity contribution in [2.75, 3.05) is 54.9 Å². The van der Waals surface area contributed by atoms with Crippen LogP contribution in [0.1, 0.15) is 74.5 Å². The number of ether oxygens (including phenoxy) is 1. The van der Waals surface area contributed by atoms with Crippen molar-refractivity contribution >= 4 is 56.8 Å². The number of hydrogen-bond acceptors (Lipinski definition) is 11. The van der Waals surface area contributed by atoms with Crippen LogP contribution in [-0.2, 0) is 23.7 Å². The van der Waals surface area contributed by atoms with Crippen molar-refractivity contribution in [1.82, 2.24) is 34.5 Å². The Bertz CT molecular complexity index is 2610. The fraction of sp³-hybridized carbons (Fsp3) is 0.500. The number of anilines is 4. The van der Waals surface area contributed by atoms with Crippen LogP contribution in [0.15, 0.2) is 47.4 Å². The fourth-order valence-electron chi connectivity index (χ4n) is 10.1. The summed E-state index contributed by atoms with van der Waals surface area (Å²) < 4.78 is 54.3. The third kappa shape index (κ3) is 7.33. The maximum Gasteiger partial charge on any atom is 0.301 e. The van der Waals surface area contributed by atoms with Gasteiger partial charge in [0.1, 0.15) is 0 Å². The molecule has 0 radical (unpaired) electrons. The highest BCUT2D eigenvalue weighted by molar-refractivity contribution is 6.03. The number of likely N-dealkylation sites (tertiary alicyclic amines) is 1. The number of piperidine rings is 3. The fourth-order valence-corrected chi connectivity index (χ4v) is 10.1. The predicted octanol–water partition coefficient (Wildman–Crippen LogP) is 5.93. The first-order chi connectivity index (χ1) is 29.4. The molecule has 3 N–H and O–H groups in total. The van der Waals surface area contributed by atoms with Gasteiger partial charge in [0.2, 0.25) is 23.5 Å². The lowest BCUT2D eigenvalue weighted by Gasteiger charge is -2.38. The molecule has 14 nitrogen and oxygen atoms in total. The molecule has 7 heterocycles. The molecule has 2 amide bonds. The molecule has 320 valence electrons. The van der Waals surface area contributed by atoms with E-state index < -0.39 is 35.9 Å². The largest absolute Gasteiger partial charge is 0.480 e. The zero-order chi connectivity index (χ0) is 42.2. The topological polar surface area (TPSA) is 152 Å². The van der Waals surface area contributed by atoms with Gasteiger partial charge in [-0.1, -0.05) is 18.2 Å². The van der Waals surface area contributed by atoms with Gasteiger partial charge in [-0.05, 0) is 99.6 Å². The van der Waals surface area contributed by atoms with Gasteiger partial charge in [0.15, 0.2) is 18.2 Å². The molecule has 1 aliphatic carbocycles. The Kier molecular flexibility index (Phi) is 9.91. The lowest BCUT2D eigenvalue weighted by Crippen LogP contribution is -2.44. The molecule has 0 spiro atoms. The number of fused-ring (bicyclic) bond motifs is 4. The zero-order valence-corrected chi connectivity index (χ0v) is 34.2. The average molecular weight is 839 g/mol. The molecule has 2 aromatic carbocycles. The van der Waals surface area contributed by atoms with Gasteiger partial charge < -0.3 is 29.7 Å². The van der Waals surface area contributed by atoms with E-state index in [1.165, 1.54) is 10.1 Å². The standard InChI is InChI=1S/C44H49F3N10O4/c1-54-33-10-8-27(20-31(33)36-38(42(54)60)61-23-44(46,47)39(51-36)26-6-7-26)49-40-32(45)21-48-43(52-40)57-18-12-24(13-19-57)22-56-16-14-25(15-17-56)28-4-3-5-29-35(53-55(2)37(28)29)30-9-11-34(58)50-41(30)59/h3-5,8,10,20-21,24-26,30,39,51H,6-7,9,11-19,22-23H2,1-2H3,(H,48,49,52)(H,50,58,59)/t30?,39-/m0/s1. The Balaban J connectivity index is 0.777. The zero-order valence-electron chi connectivity index (χ0n) is 34.2. The van der Waals surface area contributed by atoms with Gasteiger partial charge in [-0.15, -0.1) is 0 Å². The first-order valence-corrected chi connectivity index (χ1v) is 21.4. The first-order valence-electron chi connectivity index (χ1n) is 21.4. The Morgan fingerprint density at radius 1 is 0.951 bits per heavy atom. The van der Waals surface area contributed by atoms with E-state index in [2.05, 4.69) is 47.9 Å². The number of rotatable bonds is 8. The van der Waals surface area contributed by atoms with Crippen LogP contribution in [-0.4, -0.2) is 92.3 Å². The summed E-state index contributed by atoms with van der Waals surface area (Å²) in [5, 5.41) is 14.8. The van der Waals surface area contributed by atoms with Gasteiger partial charge in [0.25, 0.3) is 5.56 Å². The lowest BCUT2D eigenvalue weighted by atomic mass is 9.86. The number of para-hydroxylation sites is 1. The Morgan fingerprint density at radius 3 is 2.49 bits per heavy atom. The minimum absolute atomic E-state index is 0.00846. The highest BCUT2D eigenvalue weighted by Crippen LogP contribution is 2.46. The summed E-state index contributed by atoms with van der Waals surface area (Å²) in [6.07, 6.45) is 7.25. The first kappa shape index (κ1) is 39.4. The molecule has 5 aliphatic rings. The molecule has 4 aliphatic heterocycles. The van der Waals surface area contributed by atoms with Gasteiger partial charge in [0, 0.05) is 56.6 Å². The summed E-state index contributed by atoms with van der Waals surface area (Å²) in [5.74, 6) is -3.80. The Hall–Kier alpha value is -5.71.